The number of rotatable bonds is 5. The van der Waals surface area contributed by atoms with E-state index in [1.54, 1.807) is 29.0 Å². The van der Waals surface area contributed by atoms with E-state index in [0.717, 1.165) is 16.7 Å². The average Bonchev–Trinajstić information content (AvgIpc) is 3.33. The number of fused-ring (bicyclic) bond motifs is 1. The van der Waals surface area contributed by atoms with E-state index >= 15 is 0 Å². The maximum Gasteiger partial charge on any atom is 0.271 e. The topological polar surface area (TPSA) is 93.8 Å². The Balaban J connectivity index is 1.62. The summed E-state index contributed by atoms with van der Waals surface area (Å²) in [4.78, 5) is 30.2. The van der Waals surface area contributed by atoms with Crippen molar-refractivity contribution in [2.75, 3.05) is 0 Å². The molecule has 2 aromatic heterocycles. The summed E-state index contributed by atoms with van der Waals surface area (Å²) in [5.74, 6) is 0.0129. The number of non-ortho nitro benzene ring substituents is 1. The van der Waals surface area contributed by atoms with E-state index in [1.165, 1.54) is 18.2 Å². The summed E-state index contributed by atoms with van der Waals surface area (Å²) in [6.45, 7) is 0. The number of nitro benzene ring substituents is 1. The molecule has 132 valence electrons. The molecule has 7 heteroatoms. The van der Waals surface area contributed by atoms with Gasteiger partial charge in [-0.05, 0) is 42.5 Å². The van der Waals surface area contributed by atoms with Crippen molar-refractivity contribution >= 4 is 28.6 Å². The molecule has 0 radical (unpaired) electrons. The molecule has 4 aromatic rings. The van der Waals surface area contributed by atoms with E-state index in [4.69, 9.17) is 0 Å². The summed E-state index contributed by atoms with van der Waals surface area (Å²) in [6.07, 6.45) is 4.87. The minimum absolute atomic E-state index is 0.00878. The van der Waals surface area contributed by atoms with Gasteiger partial charge in [-0.2, -0.15) is 0 Å². The fourth-order valence-electron chi connectivity index (χ4n) is 2.83. The number of nitrogens with one attached hydrogen (secondary N) is 1. The molecule has 0 aliphatic carbocycles. The molecule has 1 N–H and O–H groups in total. The van der Waals surface area contributed by atoms with Crippen LogP contribution in [0, 0.1) is 10.1 Å². The maximum atomic E-state index is 12.4. The molecule has 0 amide bonds. The number of imidazole rings is 1. The second-order valence-electron chi connectivity index (χ2n) is 5.88. The van der Waals surface area contributed by atoms with Gasteiger partial charge in [0.15, 0.2) is 5.82 Å². The van der Waals surface area contributed by atoms with Crippen LogP contribution in [0.5, 0.6) is 0 Å². The molecule has 2 aromatic carbocycles. The SMILES string of the molecule is O=C(/C=C/c1cccn1-c1cccc([N+](=O)[O-])c1)c1nc2ccccc2[nH]1. The largest absolute Gasteiger partial charge is 0.335 e. The first-order valence-electron chi connectivity index (χ1n) is 8.21. The van der Waals surface area contributed by atoms with Crippen LogP contribution in [0.1, 0.15) is 16.3 Å². The third-order valence-electron chi connectivity index (χ3n) is 4.13. The van der Waals surface area contributed by atoms with Gasteiger partial charge in [-0.25, -0.2) is 4.98 Å². The molecule has 0 unspecified atom stereocenters. The monoisotopic (exact) mass is 358 g/mol. The molecular weight excluding hydrogens is 344 g/mol. The van der Waals surface area contributed by atoms with Crippen molar-refractivity contribution in [2.24, 2.45) is 0 Å². The molecule has 0 saturated heterocycles. The van der Waals surface area contributed by atoms with E-state index < -0.39 is 4.92 Å². The highest BCUT2D eigenvalue weighted by molar-refractivity contribution is 6.05. The van der Waals surface area contributed by atoms with Crippen LogP contribution in [0.2, 0.25) is 0 Å². The van der Waals surface area contributed by atoms with Gasteiger partial charge in [0.05, 0.1) is 21.6 Å². The Kier molecular flexibility index (Phi) is 4.10. The van der Waals surface area contributed by atoms with Crippen LogP contribution in [0.3, 0.4) is 0 Å². The lowest BCUT2D eigenvalue weighted by Gasteiger charge is -2.06. The molecule has 0 fully saturated rings. The Morgan fingerprint density at radius 2 is 1.96 bits per heavy atom. The molecule has 4 rings (SSSR count). The van der Waals surface area contributed by atoms with Gasteiger partial charge >= 0.3 is 0 Å². The molecule has 0 aliphatic heterocycles. The number of hydrogen-bond donors (Lipinski definition) is 1. The zero-order valence-electron chi connectivity index (χ0n) is 14.1. The van der Waals surface area contributed by atoms with Crippen LogP contribution in [-0.4, -0.2) is 25.2 Å². The number of carbonyl (C=O) groups excluding carboxylic acids is 1. The first-order chi connectivity index (χ1) is 13.1. The smallest absolute Gasteiger partial charge is 0.271 e. The molecular formula is C20H14N4O3. The predicted octanol–water partition coefficient (Wildman–Crippen LogP) is 4.16. The molecule has 7 nitrogen and oxygen atoms in total. The van der Waals surface area contributed by atoms with Gasteiger partial charge in [0.25, 0.3) is 5.69 Å². The predicted molar refractivity (Wildman–Crippen MR) is 102 cm³/mol. The van der Waals surface area contributed by atoms with Gasteiger partial charge in [-0.15, -0.1) is 0 Å². The Hall–Kier alpha value is -4.00. The van der Waals surface area contributed by atoms with Crippen molar-refractivity contribution in [2.45, 2.75) is 0 Å². The van der Waals surface area contributed by atoms with Gasteiger partial charge in [0.2, 0.25) is 5.78 Å². The summed E-state index contributed by atoms with van der Waals surface area (Å²) in [5, 5.41) is 11.0. The van der Waals surface area contributed by atoms with Crippen molar-refractivity contribution in [1.82, 2.24) is 14.5 Å². The number of nitrogens with zero attached hydrogens (tertiary/aromatic N) is 3. The molecule has 0 aliphatic rings. The minimum atomic E-state index is -0.437. The Morgan fingerprint density at radius 1 is 1.11 bits per heavy atom. The van der Waals surface area contributed by atoms with Crippen molar-refractivity contribution in [3.8, 4) is 5.69 Å². The first-order valence-corrected chi connectivity index (χ1v) is 8.21. The van der Waals surface area contributed by atoms with Crippen LogP contribution in [0.25, 0.3) is 22.8 Å². The number of aromatic nitrogens is 3. The summed E-state index contributed by atoms with van der Waals surface area (Å²) in [7, 11) is 0. The summed E-state index contributed by atoms with van der Waals surface area (Å²) in [6, 6.07) is 17.4. The number of ketones is 1. The van der Waals surface area contributed by atoms with Crippen LogP contribution >= 0.6 is 0 Å². The van der Waals surface area contributed by atoms with E-state index in [9.17, 15) is 14.9 Å². The van der Waals surface area contributed by atoms with E-state index in [1.807, 2.05) is 36.4 Å². The lowest BCUT2D eigenvalue weighted by Crippen LogP contribution is -1.99. The van der Waals surface area contributed by atoms with Gasteiger partial charge in [-0.3, -0.25) is 14.9 Å². The number of H-pyrrole nitrogens is 1. The molecule has 0 bridgehead atoms. The average molecular weight is 358 g/mol. The normalized spacial score (nSPS) is 11.3. The Labute approximate surface area is 153 Å². The van der Waals surface area contributed by atoms with E-state index in [-0.39, 0.29) is 17.3 Å². The number of para-hydroxylation sites is 2. The summed E-state index contributed by atoms with van der Waals surface area (Å²) < 4.78 is 1.77. The standard InChI is InChI=1S/C20H14N4O3/c25-19(20-21-17-8-1-2-9-18(17)22-20)11-10-14-7-4-12-23(14)15-5-3-6-16(13-15)24(26)27/h1-13H,(H,21,22)/b11-10+. The summed E-state index contributed by atoms with van der Waals surface area (Å²) >= 11 is 0. The van der Waals surface area contributed by atoms with Gasteiger partial charge in [-0.1, -0.05) is 18.2 Å². The molecule has 27 heavy (non-hydrogen) atoms. The highest BCUT2D eigenvalue weighted by Crippen LogP contribution is 2.20. The van der Waals surface area contributed by atoms with E-state index in [0.29, 0.717) is 5.69 Å². The molecule has 0 atom stereocenters. The maximum absolute atomic E-state index is 12.4. The number of benzene rings is 2. The van der Waals surface area contributed by atoms with Crippen LogP contribution in [-0.2, 0) is 0 Å². The van der Waals surface area contributed by atoms with Crippen LogP contribution in [0.15, 0.2) is 72.9 Å². The number of nitro groups is 1. The lowest BCUT2D eigenvalue weighted by molar-refractivity contribution is -0.384. The number of carbonyl (C=O) groups is 1. The number of aromatic amines is 1. The molecule has 0 spiro atoms. The fourth-order valence-corrected chi connectivity index (χ4v) is 2.83. The number of hydrogen-bond acceptors (Lipinski definition) is 4. The van der Waals surface area contributed by atoms with Crippen LogP contribution in [0.4, 0.5) is 5.69 Å². The minimum Gasteiger partial charge on any atom is -0.335 e. The van der Waals surface area contributed by atoms with Crippen molar-refractivity contribution < 1.29 is 9.72 Å². The van der Waals surface area contributed by atoms with Gasteiger partial charge in [0, 0.05) is 24.0 Å². The fraction of sp³-hybridized carbons (Fsp3) is 0. The molecule has 2 heterocycles. The number of allylic oxidation sites excluding steroid dienone is 1. The van der Waals surface area contributed by atoms with E-state index in [2.05, 4.69) is 9.97 Å². The highest BCUT2D eigenvalue weighted by Gasteiger charge is 2.10. The highest BCUT2D eigenvalue weighted by atomic mass is 16.6. The first kappa shape index (κ1) is 16.5. The Morgan fingerprint density at radius 3 is 2.78 bits per heavy atom. The summed E-state index contributed by atoms with van der Waals surface area (Å²) in [5.41, 5.74) is 2.91. The molecule has 0 saturated carbocycles. The third-order valence-corrected chi connectivity index (χ3v) is 4.13. The van der Waals surface area contributed by atoms with Crippen molar-refractivity contribution in [3.05, 3.63) is 94.6 Å². The second-order valence-corrected chi connectivity index (χ2v) is 5.88. The quantitative estimate of drug-likeness (QED) is 0.251. The lowest BCUT2D eigenvalue weighted by atomic mass is 10.2. The van der Waals surface area contributed by atoms with Gasteiger partial charge < -0.3 is 9.55 Å². The van der Waals surface area contributed by atoms with Crippen molar-refractivity contribution in [1.29, 1.82) is 0 Å². The Bertz CT molecular complexity index is 1150. The second kappa shape index (κ2) is 6.72. The third kappa shape index (κ3) is 3.25. The van der Waals surface area contributed by atoms with Crippen LogP contribution < -0.4 is 0 Å². The van der Waals surface area contributed by atoms with Crippen molar-refractivity contribution in [3.63, 3.8) is 0 Å². The zero-order valence-corrected chi connectivity index (χ0v) is 14.1. The zero-order chi connectivity index (χ0) is 18.8. The van der Waals surface area contributed by atoms with Gasteiger partial charge in [0.1, 0.15) is 0 Å².